The van der Waals surface area contributed by atoms with Gasteiger partial charge in [0.1, 0.15) is 17.7 Å². The first-order chi connectivity index (χ1) is 8.45. The van der Waals surface area contributed by atoms with E-state index in [1.165, 1.54) is 12.1 Å². The summed E-state index contributed by atoms with van der Waals surface area (Å²) in [4.78, 5) is 0. The molecule has 4 heteroatoms. The van der Waals surface area contributed by atoms with Gasteiger partial charge in [0.15, 0.2) is 0 Å². The van der Waals surface area contributed by atoms with E-state index in [1.807, 2.05) is 0 Å². The van der Waals surface area contributed by atoms with Gasteiger partial charge in [0.25, 0.3) is 0 Å². The third-order valence-electron chi connectivity index (χ3n) is 3.79. The zero-order valence-corrected chi connectivity index (χ0v) is 11.7. The molecular weight excluding hydrogens is 253 g/mol. The van der Waals surface area contributed by atoms with Gasteiger partial charge in [-0.25, -0.2) is 4.39 Å². The maximum Gasteiger partial charge on any atom is 0.138 e. The normalized spacial score (nSPS) is 25.6. The summed E-state index contributed by atoms with van der Waals surface area (Å²) in [7, 11) is 0. The van der Waals surface area contributed by atoms with E-state index in [9.17, 15) is 4.39 Å². The second-order valence-electron chi connectivity index (χ2n) is 5.35. The van der Waals surface area contributed by atoms with Gasteiger partial charge in [-0.15, -0.1) is 0 Å². The third kappa shape index (κ3) is 2.47. The molecule has 0 aromatic heterocycles. The Balaban J connectivity index is 2.03. The van der Waals surface area contributed by atoms with Crippen LogP contribution in [0.4, 0.5) is 4.39 Å². The van der Waals surface area contributed by atoms with E-state index in [0.717, 1.165) is 13.0 Å². The van der Waals surface area contributed by atoms with E-state index in [2.05, 4.69) is 26.1 Å². The lowest BCUT2D eigenvalue weighted by Crippen LogP contribution is -2.62. The van der Waals surface area contributed by atoms with Crippen LogP contribution in [-0.2, 0) is 0 Å². The molecule has 0 radical (unpaired) electrons. The molecule has 2 nitrogen and oxygen atoms in total. The van der Waals surface area contributed by atoms with Crippen molar-refractivity contribution in [2.24, 2.45) is 5.41 Å². The standard InChI is InChI=1S/C14H19ClFNO/c1-4-17-12-8-13(14(12,2)3)18-11-6-5-9(16)7-10(11)15/h5-7,12-13,17H,4,8H2,1-3H3. The average Bonchev–Trinajstić information content (AvgIpc) is 2.30. The van der Waals surface area contributed by atoms with Crippen molar-refractivity contribution in [3.05, 3.63) is 29.0 Å². The van der Waals surface area contributed by atoms with Crippen LogP contribution >= 0.6 is 11.6 Å². The molecule has 2 atom stereocenters. The Morgan fingerprint density at radius 1 is 1.50 bits per heavy atom. The van der Waals surface area contributed by atoms with E-state index in [0.29, 0.717) is 16.8 Å². The highest BCUT2D eigenvalue weighted by atomic mass is 35.5. The molecule has 0 spiro atoms. The second kappa shape index (κ2) is 5.06. The predicted molar refractivity (Wildman–Crippen MR) is 71.7 cm³/mol. The predicted octanol–water partition coefficient (Wildman–Crippen LogP) is 3.63. The minimum Gasteiger partial charge on any atom is -0.488 e. The van der Waals surface area contributed by atoms with Gasteiger partial charge >= 0.3 is 0 Å². The van der Waals surface area contributed by atoms with E-state index >= 15 is 0 Å². The van der Waals surface area contributed by atoms with E-state index < -0.39 is 0 Å². The average molecular weight is 272 g/mol. The Labute approximate surface area is 112 Å². The molecule has 1 aromatic carbocycles. The molecule has 0 aliphatic heterocycles. The number of rotatable bonds is 4. The van der Waals surface area contributed by atoms with Crippen LogP contribution < -0.4 is 10.1 Å². The van der Waals surface area contributed by atoms with Crippen LogP contribution in [0.15, 0.2) is 18.2 Å². The van der Waals surface area contributed by atoms with Gasteiger partial charge in [-0.1, -0.05) is 32.4 Å². The highest BCUT2D eigenvalue weighted by Gasteiger charge is 2.49. The molecule has 0 heterocycles. The molecule has 1 aromatic rings. The minimum atomic E-state index is -0.342. The number of benzene rings is 1. The first kappa shape index (κ1) is 13.6. The number of halogens is 2. The maximum atomic E-state index is 12.9. The van der Waals surface area contributed by atoms with Crippen LogP contribution in [0.3, 0.4) is 0 Å². The SMILES string of the molecule is CCNC1CC(Oc2ccc(F)cc2Cl)C1(C)C. The van der Waals surface area contributed by atoms with Gasteiger partial charge in [-0.3, -0.25) is 0 Å². The Bertz CT molecular complexity index is 436. The number of hydrogen-bond acceptors (Lipinski definition) is 2. The first-order valence-electron chi connectivity index (χ1n) is 6.30. The summed E-state index contributed by atoms with van der Waals surface area (Å²) < 4.78 is 18.8. The molecule has 0 bridgehead atoms. The summed E-state index contributed by atoms with van der Waals surface area (Å²) in [5, 5.41) is 3.77. The first-order valence-corrected chi connectivity index (χ1v) is 6.68. The quantitative estimate of drug-likeness (QED) is 0.903. The van der Waals surface area contributed by atoms with Crippen LogP contribution in [-0.4, -0.2) is 18.7 Å². The Morgan fingerprint density at radius 3 is 2.78 bits per heavy atom. The maximum absolute atomic E-state index is 12.9. The van der Waals surface area contributed by atoms with E-state index in [-0.39, 0.29) is 17.3 Å². The molecule has 0 saturated heterocycles. The fourth-order valence-corrected chi connectivity index (χ4v) is 2.61. The van der Waals surface area contributed by atoms with Crippen molar-refractivity contribution in [3.8, 4) is 5.75 Å². The van der Waals surface area contributed by atoms with Crippen LogP contribution in [0.25, 0.3) is 0 Å². The molecular formula is C14H19ClFNO. The monoisotopic (exact) mass is 271 g/mol. The molecule has 100 valence electrons. The molecule has 2 rings (SSSR count). The number of ether oxygens (including phenoxy) is 1. The highest BCUT2D eigenvalue weighted by molar-refractivity contribution is 6.32. The van der Waals surface area contributed by atoms with Crippen molar-refractivity contribution in [2.45, 2.75) is 39.3 Å². The van der Waals surface area contributed by atoms with Crippen molar-refractivity contribution in [1.82, 2.24) is 5.32 Å². The Morgan fingerprint density at radius 2 is 2.22 bits per heavy atom. The molecule has 1 aliphatic rings. The fraction of sp³-hybridized carbons (Fsp3) is 0.571. The van der Waals surface area contributed by atoms with Crippen LogP contribution in [0, 0.1) is 11.2 Å². The smallest absolute Gasteiger partial charge is 0.138 e. The van der Waals surface area contributed by atoms with Crippen molar-refractivity contribution in [2.75, 3.05) is 6.54 Å². The lowest BCUT2D eigenvalue weighted by atomic mass is 9.64. The van der Waals surface area contributed by atoms with Crippen molar-refractivity contribution >= 4 is 11.6 Å². The summed E-state index contributed by atoms with van der Waals surface area (Å²) in [5.41, 5.74) is 0.0632. The van der Waals surface area contributed by atoms with Gasteiger partial charge in [0.05, 0.1) is 5.02 Å². The third-order valence-corrected chi connectivity index (χ3v) is 4.09. The molecule has 1 saturated carbocycles. The lowest BCUT2D eigenvalue weighted by Gasteiger charge is -2.51. The Hall–Kier alpha value is -0.800. The van der Waals surface area contributed by atoms with Crippen molar-refractivity contribution in [1.29, 1.82) is 0 Å². The summed E-state index contributed by atoms with van der Waals surface area (Å²) in [6.07, 6.45) is 1.07. The number of hydrogen-bond donors (Lipinski definition) is 1. The van der Waals surface area contributed by atoms with Crippen molar-refractivity contribution < 1.29 is 9.13 Å². The topological polar surface area (TPSA) is 21.3 Å². The zero-order valence-electron chi connectivity index (χ0n) is 11.0. The molecule has 1 fully saturated rings. The highest BCUT2D eigenvalue weighted by Crippen LogP contribution is 2.44. The minimum absolute atomic E-state index is 0.0632. The summed E-state index contributed by atoms with van der Waals surface area (Å²) in [5.74, 6) is 0.219. The summed E-state index contributed by atoms with van der Waals surface area (Å²) >= 11 is 5.96. The molecule has 1 aliphatic carbocycles. The van der Waals surface area contributed by atoms with Crippen LogP contribution in [0.5, 0.6) is 5.75 Å². The lowest BCUT2D eigenvalue weighted by molar-refractivity contribution is -0.0541. The second-order valence-corrected chi connectivity index (χ2v) is 5.76. The van der Waals surface area contributed by atoms with Gasteiger partial charge in [0, 0.05) is 17.9 Å². The molecule has 0 amide bonds. The molecule has 1 N–H and O–H groups in total. The Kier molecular flexibility index (Phi) is 3.83. The molecule has 2 unspecified atom stereocenters. The zero-order chi connectivity index (χ0) is 13.3. The summed E-state index contributed by atoms with van der Waals surface area (Å²) in [6.45, 7) is 7.40. The van der Waals surface area contributed by atoms with Gasteiger partial charge in [-0.05, 0) is 24.7 Å². The number of nitrogens with one attached hydrogen (secondary N) is 1. The largest absolute Gasteiger partial charge is 0.488 e. The van der Waals surface area contributed by atoms with Crippen LogP contribution in [0.1, 0.15) is 27.2 Å². The molecule has 18 heavy (non-hydrogen) atoms. The van der Waals surface area contributed by atoms with Gasteiger partial charge in [-0.2, -0.15) is 0 Å². The van der Waals surface area contributed by atoms with Gasteiger partial charge in [0.2, 0.25) is 0 Å². The van der Waals surface area contributed by atoms with Crippen LogP contribution in [0.2, 0.25) is 5.02 Å². The van der Waals surface area contributed by atoms with Crippen molar-refractivity contribution in [3.63, 3.8) is 0 Å². The summed E-state index contributed by atoms with van der Waals surface area (Å²) in [6, 6.07) is 4.71. The fourth-order valence-electron chi connectivity index (χ4n) is 2.40. The van der Waals surface area contributed by atoms with Gasteiger partial charge < -0.3 is 10.1 Å². The van der Waals surface area contributed by atoms with E-state index in [4.69, 9.17) is 16.3 Å². The van der Waals surface area contributed by atoms with E-state index in [1.54, 1.807) is 6.07 Å².